The number of benzene rings is 2. The van der Waals surface area contributed by atoms with Gasteiger partial charge in [-0.3, -0.25) is 0 Å². The van der Waals surface area contributed by atoms with Crippen LogP contribution in [0.25, 0.3) is 11.3 Å². The summed E-state index contributed by atoms with van der Waals surface area (Å²) < 4.78 is 38.3. The Bertz CT molecular complexity index is 867. The number of thioether (sulfide) groups is 1. The Balaban J connectivity index is 1.74. The monoisotopic (exact) mass is 380 g/mol. The molecule has 0 radical (unpaired) electrons. The number of nitrogens with zero attached hydrogens (tertiary/aromatic N) is 2. The first kappa shape index (κ1) is 17.8. The molecule has 0 saturated carbocycles. The molecule has 0 amide bonds. The third kappa shape index (κ3) is 4.74. The average molecular weight is 381 g/mol. The van der Waals surface area contributed by atoms with Crippen LogP contribution in [0.3, 0.4) is 0 Å². The van der Waals surface area contributed by atoms with E-state index < -0.39 is 11.7 Å². The van der Waals surface area contributed by atoms with Crippen molar-refractivity contribution in [3.05, 3.63) is 76.9 Å². The van der Waals surface area contributed by atoms with Crippen LogP contribution in [0, 0.1) is 0 Å². The van der Waals surface area contributed by atoms with Crippen molar-refractivity contribution in [2.75, 3.05) is 0 Å². The molecular weight excluding hydrogens is 369 g/mol. The fourth-order valence-electron chi connectivity index (χ4n) is 2.18. The maximum Gasteiger partial charge on any atom is 0.416 e. The van der Waals surface area contributed by atoms with Gasteiger partial charge in [0.05, 0.1) is 11.3 Å². The molecule has 0 aliphatic heterocycles. The van der Waals surface area contributed by atoms with Crippen LogP contribution in [0.2, 0.25) is 5.02 Å². The van der Waals surface area contributed by atoms with Gasteiger partial charge in [-0.25, -0.2) is 9.97 Å². The van der Waals surface area contributed by atoms with Crippen molar-refractivity contribution >= 4 is 23.4 Å². The molecule has 1 heterocycles. The molecule has 2 nitrogen and oxygen atoms in total. The normalized spacial score (nSPS) is 11.5. The summed E-state index contributed by atoms with van der Waals surface area (Å²) in [5.41, 5.74) is 1.55. The van der Waals surface area contributed by atoms with Crippen LogP contribution in [-0.2, 0) is 11.9 Å². The van der Waals surface area contributed by atoms with E-state index in [0.717, 1.165) is 23.4 Å². The third-order valence-electron chi connectivity index (χ3n) is 3.40. The van der Waals surface area contributed by atoms with Gasteiger partial charge in [-0.2, -0.15) is 13.2 Å². The molecule has 7 heteroatoms. The number of alkyl halides is 3. The standard InChI is InChI=1S/C18H12ClF3N2S/c19-15-6-4-13(5-7-15)16-8-9-23-17(24-16)25-11-12-2-1-3-14(10-12)18(20,21)22/h1-10H,11H2. The van der Waals surface area contributed by atoms with E-state index >= 15 is 0 Å². The zero-order chi connectivity index (χ0) is 17.9. The fourth-order valence-corrected chi connectivity index (χ4v) is 3.08. The predicted octanol–water partition coefficient (Wildman–Crippen LogP) is 6.11. The van der Waals surface area contributed by atoms with Crippen LogP contribution in [0.15, 0.2) is 66.0 Å². The SMILES string of the molecule is FC(F)(F)c1cccc(CSc2nccc(-c3ccc(Cl)cc3)n2)c1. The molecule has 0 atom stereocenters. The van der Waals surface area contributed by atoms with Crippen molar-refractivity contribution in [3.63, 3.8) is 0 Å². The molecule has 0 aliphatic carbocycles. The minimum Gasteiger partial charge on any atom is -0.231 e. The van der Waals surface area contributed by atoms with Crippen LogP contribution in [-0.4, -0.2) is 9.97 Å². The summed E-state index contributed by atoms with van der Waals surface area (Å²) >= 11 is 7.17. The minimum absolute atomic E-state index is 0.355. The van der Waals surface area contributed by atoms with Crippen LogP contribution in [0.1, 0.15) is 11.1 Å². The highest BCUT2D eigenvalue weighted by Crippen LogP contribution is 2.31. The van der Waals surface area contributed by atoms with Gasteiger partial charge in [0, 0.05) is 22.5 Å². The lowest BCUT2D eigenvalue weighted by atomic mass is 10.1. The molecule has 0 spiro atoms. The van der Waals surface area contributed by atoms with E-state index in [1.807, 2.05) is 12.1 Å². The Labute approximate surface area is 152 Å². The van der Waals surface area contributed by atoms with Gasteiger partial charge < -0.3 is 0 Å². The summed E-state index contributed by atoms with van der Waals surface area (Å²) in [6, 6.07) is 14.3. The third-order valence-corrected chi connectivity index (χ3v) is 4.58. The molecule has 0 unspecified atom stereocenters. The lowest BCUT2D eigenvalue weighted by molar-refractivity contribution is -0.137. The highest BCUT2D eigenvalue weighted by molar-refractivity contribution is 7.98. The van der Waals surface area contributed by atoms with Gasteiger partial charge in [0.25, 0.3) is 0 Å². The second kappa shape index (κ2) is 7.45. The zero-order valence-electron chi connectivity index (χ0n) is 12.8. The van der Waals surface area contributed by atoms with Crippen LogP contribution in [0.4, 0.5) is 13.2 Å². The van der Waals surface area contributed by atoms with Crippen molar-refractivity contribution in [3.8, 4) is 11.3 Å². The molecule has 25 heavy (non-hydrogen) atoms. The van der Waals surface area contributed by atoms with Gasteiger partial charge in [-0.1, -0.05) is 53.7 Å². The summed E-state index contributed by atoms with van der Waals surface area (Å²) in [5.74, 6) is 0.355. The molecule has 3 aromatic rings. The fraction of sp³-hybridized carbons (Fsp3) is 0.111. The second-order valence-electron chi connectivity index (χ2n) is 5.22. The molecule has 1 aromatic heterocycles. The number of hydrogen-bond acceptors (Lipinski definition) is 3. The molecule has 3 rings (SSSR count). The minimum atomic E-state index is -4.34. The number of aromatic nitrogens is 2. The Morgan fingerprint density at radius 2 is 1.76 bits per heavy atom. The van der Waals surface area contributed by atoms with Gasteiger partial charge in [-0.15, -0.1) is 0 Å². The van der Waals surface area contributed by atoms with Crippen LogP contribution >= 0.6 is 23.4 Å². The lowest BCUT2D eigenvalue weighted by Gasteiger charge is -2.08. The molecule has 0 fully saturated rings. The first-order valence-corrected chi connectivity index (χ1v) is 8.66. The van der Waals surface area contributed by atoms with Gasteiger partial charge in [0.1, 0.15) is 0 Å². The van der Waals surface area contributed by atoms with Crippen molar-refractivity contribution in [2.45, 2.75) is 17.1 Å². The molecule has 0 saturated heterocycles. The quantitative estimate of drug-likeness (QED) is 0.403. The van der Waals surface area contributed by atoms with Crippen molar-refractivity contribution in [1.29, 1.82) is 0 Å². The molecule has 0 aliphatic rings. The first-order valence-electron chi connectivity index (χ1n) is 7.30. The van der Waals surface area contributed by atoms with E-state index in [4.69, 9.17) is 11.6 Å². The maximum atomic E-state index is 12.8. The van der Waals surface area contributed by atoms with E-state index in [2.05, 4.69) is 9.97 Å². The summed E-state index contributed by atoms with van der Waals surface area (Å²) in [4.78, 5) is 8.62. The largest absolute Gasteiger partial charge is 0.416 e. The zero-order valence-corrected chi connectivity index (χ0v) is 14.4. The smallest absolute Gasteiger partial charge is 0.231 e. The number of hydrogen-bond donors (Lipinski definition) is 0. The average Bonchev–Trinajstić information content (AvgIpc) is 2.60. The molecule has 128 valence electrons. The van der Waals surface area contributed by atoms with Gasteiger partial charge in [-0.05, 0) is 29.8 Å². The first-order chi connectivity index (χ1) is 11.9. The van der Waals surface area contributed by atoms with Crippen LogP contribution in [0.5, 0.6) is 0 Å². The summed E-state index contributed by atoms with van der Waals surface area (Å²) in [6.07, 6.45) is -2.71. The highest BCUT2D eigenvalue weighted by Gasteiger charge is 2.30. The summed E-state index contributed by atoms with van der Waals surface area (Å²) in [6.45, 7) is 0. The highest BCUT2D eigenvalue weighted by atomic mass is 35.5. The Kier molecular flexibility index (Phi) is 5.30. The number of halogens is 4. The molecular formula is C18H12ClF3N2S. The summed E-state index contributed by atoms with van der Waals surface area (Å²) in [5, 5.41) is 1.14. The maximum absolute atomic E-state index is 12.8. The number of rotatable bonds is 4. The van der Waals surface area contributed by atoms with Crippen molar-refractivity contribution < 1.29 is 13.2 Å². The van der Waals surface area contributed by atoms with Gasteiger partial charge in [0.2, 0.25) is 0 Å². The molecule has 0 N–H and O–H groups in total. The van der Waals surface area contributed by atoms with Crippen molar-refractivity contribution in [2.24, 2.45) is 0 Å². The topological polar surface area (TPSA) is 25.8 Å². The Hall–Kier alpha value is -2.05. The van der Waals surface area contributed by atoms with Crippen molar-refractivity contribution in [1.82, 2.24) is 9.97 Å². The predicted molar refractivity (Wildman–Crippen MR) is 93.5 cm³/mol. The molecule has 0 bridgehead atoms. The van der Waals surface area contributed by atoms with E-state index in [1.54, 1.807) is 30.5 Å². The second-order valence-corrected chi connectivity index (χ2v) is 6.60. The van der Waals surface area contributed by atoms with E-state index in [9.17, 15) is 13.2 Å². The van der Waals surface area contributed by atoms with E-state index in [0.29, 0.717) is 21.5 Å². The Morgan fingerprint density at radius 1 is 1.00 bits per heavy atom. The Morgan fingerprint density at radius 3 is 2.48 bits per heavy atom. The summed E-state index contributed by atoms with van der Waals surface area (Å²) in [7, 11) is 0. The van der Waals surface area contributed by atoms with E-state index in [-0.39, 0.29) is 0 Å². The van der Waals surface area contributed by atoms with Crippen LogP contribution < -0.4 is 0 Å². The van der Waals surface area contributed by atoms with Gasteiger partial charge >= 0.3 is 6.18 Å². The lowest BCUT2D eigenvalue weighted by Crippen LogP contribution is -2.04. The molecule has 2 aromatic carbocycles. The van der Waals surface area contributed by atoms with Gasteiger partial charge in [0.15, 0.2) is 5.16 Å². The van der Waals surface area contributed by atoms with E-state index in [1.165, 1.54) is 17.8 Å².